The van der Waals surface area contributed by atoms with Crippen molar-refractivity contribution >= 4 is 21.8 Å². The van der Waals surface area contributed by atoms with Crippen LogP contribution < -0.4 is 4.74 Å². The molecule has 274 valence electrons. The van der Waals surface area contributed by atoms with Crippen LogP contribution in [0.1, 0.15) is 99.0 Å². The molecule has 0 aliphatic carbocycles. The first kappa shape index (κ1) is 38.2. The number of rotatable bonds is 10. The smallest absolute Gasteiger partial charge is 0.509 e. The van der Waals surface area contributed by atoms with E-state index in [9.17, 15) is 0 Å². The minimum absolute atomic E-state index is 0. The number of hydrogen-bond acceptors (Lipinski definition) is 3. The van der Waals surface area contributed by atoms with Crippen molar-refractivity contribution in [1.29, 1.82) is 0 Å². The quantitative estimate of drug-likeness (QED) is 0.102. The number of aromatic nitrogens is 4. The fourth-order valence-electron chi connectivity index (χ4n) is 7.59. The van der Waals surface area contributed by atoms with E-state index in [4.69, 9.17) is 14.8 Å². The van der Waals surface area contributed by atoms with Gasteiger partial charge >= 0.3 is 20.4 Å². The van der Waals surface area contributed by atoms with Crippen LogP contribution in [0.25, 0.3) is 44.4 Å². The van der Waals surface area contributed by atoms with Gasteiger partial charge in [0.05, 0.1) is 5.69 Å². The summed E-state index contributed by atoms with van der Waals surface area (Å²) in [7, 11) is 0. The van der Waals surface area contributed by atoms with Crippen LogP contribution in [-0.4, -0.2) is 19.3 Å². The van der Waals surface area contributed by atoms with Crippen LogP contribution in [0.15, 0.2) is 79.0 Å². The second-order valence-electron chi connectivity index (χ2n) is 15.5. The van der Waals surface area contributed by atoms with Gasteiger partial charge in [-0.15, -0.1) is 41.3 Å². The Bertz CT molecular complexity index is 2410. The van der Waals surface area contributed by atoms with Gasteiger partial charge in [0.15, 0.2) is 0 Å². The van der Waals surface area contributed by atoms with E-state index in [0.29, 0.717) is 23.3 Å². The number of benzene rings is 4. The van der Waals surface area contributed by atoms with Gasteiger partial charge in [-0.05, 0) is 110 Å². The summed E-state index contributed by atoms with van der Waals surface area (Å²) in [5, 5.41) is 7.50. The molecule has 0 bridgehead atoms. The molecule has 0 N–H and O–H groups in total. The van der Waals surface area contributed by atoms with Crippen molar-refractivity contribution in [3.63, 3.8) is 0 Å². The Hall–Kier alpha value is -4.50. The molecule has 3 aromatic heterocycles. The summed E-state index contributed by atoms with van der Waals surface area (Å²) < 4.78 is 11.0. The first-order chi connectivity index (χ1) is 24.9. The Labute approximate surface area is 329 Å². The molecular formula is C47H50N4OPd. The van der Waals surface area contributed by atoms with Gasteiger partial charge in [-0.3, -0.25) is 4.68 Å². The fraction of sp³-hybridized carbons (Fsp3) is 0.319. The minimum atomic E-state index is 0. The maximum atomic E-state index is 6.71. The number of para-hydroxylation sites is 1. The van der Waals surface area contributed by atoms with Crippen molar-refractivity contribution in [3.05, 3.63) is 130 Å². The third-order valence-electron chi connectivity index (χ3n) is 10.2. The molecule has 53 heavy (non-hydrogen) atoms. The first-order valence-electron chi connectivity index (χ1n) is 18.7. The molecule has 3 heterocycles. The third kappa shape index (κ3) is 7.50. The number of nitrogens with zero attached hydrogens (tertiary/aromatic N) is 4. The van der Waals surface area contributed by atoms with E-state index in [-0.39, 0.29) is 26.3 Å². The molecule has 0 aliphatic rings. The molecule has 0 saturated heterocycles. The first-order valence-corrected chi connectivity index (χ1v) is 18.7. The van der Waals surface area contributed by atoms with Crippen molar-refractivity contribution in [1.82, 2.24) is 19.3 Å². The minimum Gasteiger partial charge on any atom is -0.509 e. The molecule has 5 nitrogen and oxygen atoms in total. The Morgan fingerprint density at radius 2 is 1.43 bits per heavy atom. The molecule has 6 heteroatoms. The maximum Gasteiger partial charge on any atom is 2.00 e. The van der Waals surface area contributed by atoms with E-state index < -0.39 is 0 Å². The summed E-state index contributed by atoms with van der Waals surface area (Å²) >= 11 is 0. The molecule has 4 aromatic carbocycles. The average molecular weight is 793 g/mol. The monoisotopic (exact) mass is 792 g/mol. The summed E-state index contributed by atoms with van der Waals surface area (Å²) in [4.78, 5) is 4.82. The molecule has 0 fully saturated rings. The number of pyridine rings is 1. The topological polar surface area (TPSA) is 44.9 Å². The molecule has 0 amide bonds. The van der Waals surface area contributed by atoms with Gasteiger partial charge in [0.2, 0.25) is 0 Å². The van der Waals surface area contributed by atoms with E-state index in [1.807, 2.05) is 12.3 Å². The number of hydrogen-bond donors (Lipinski definition) is 0. The van der Waals surface area contributed by atoms with Crippen LogP contribution in [0.2, 0.25) is 0 Å². The standard InChI is InChI=1S/C47H50N4O.Pd/c1-28(2)15-18-43-47(46-32(8)21-31(7)22-33(46)9)34(10)49-51(43)37-23-36(30(5)6)24-39(26-37)52-38-16-17-41-40-13-11-12-14-42(40)50(44(41)27-38)45-25-35(29(3)4)19-20-48-45;/h11-14,16-17,19-25,28-30H,15,18H2,1-10H3;/q-2;+2. The van der Waals surface area contributed by atoms with E-state index in [0.717, 1.165) is 51.8 Å². The Kier molecular flexibility index (Phi) is 11.2. The van der Waals surface area contributed by atoms with Crippen LogP contribution in [0.5, 0.6) is 11.5 Å². The molecular weight excluding hydrogens is 743 g/mol. The predicted molar refractivity (Wildman–Crippen MR) is 216 cm³/mol. The molecule has 0 saturated carbocycles. The summed E-state index contributed by atoms with van der Waals surface area (Å²) in [5.41, 5.74) is 13.9. The summed E-state index contributed by atoms with van der Waals surface area (Å²) in [5.74, 6) is 3.38. The molecule has 7 rings (SSSR count). The van der Waals surface area contributed by atoms with Gasteiger partial charge in [-0.25, -0.2) is 4.98 Å². The van der Waals surface area contributed by atoms with Gasteiger partial charge < -0.3 is 9.30 Å². The molecule has 0 atom stereocenters. The van der Waals surface area contributed by atoms with E-state index >= 15 is 0 Å². The predicted octanol–water partition coefficient (Wildman–Crippen LogP) is 12.5. The summed E-state index contributed by atoms with van der Waals surface area (Å²) in [6.07, 6.45) is 3.88. The van der Waals surface area contributed by atoms with E-state index in [1.165, 1.54) is 44.6 Å². The number of ether oxygens (including phenoxy) is 1. The Morgan fingerprint density at radius 3 is 2.13 bits per heavy atom. The normalized spacial score (nSPS) is 11.7. The van der Waals surface area contributed by atoms with Crippen molar-refractivity contribution in [2.24, 2.45) is 5.92 Å². The molecule has 0 radical (unpaired) electrons. The summed E-state index contributed by atoms with van der Waals surface area (Å²) in [6.45, 7) is 22.2. The van der Waals surface area contributed by atoms with Crippen molar-refractivity contribution in [2.45, 2.75) is 93.9 Å². The Morgan fingerprint density at radius 1 is 0.717 bits per heavy atom. The maximum absolute atomic E-state index is 6.71. The van der Waals surface area contributed by atoms with Crippen molar-refractivity contribution in [2.75, 3.05) is 0 Å². The second-order valence-corrected chi connectivity index (χ2v) is 15.5. The zero-order chi connectivity index (χ0) is 36.8. The van der Waals surface area contributed by atoms with Gasteiger partial charge in [0.25, 0.3) is 0 Å². The molecule has 7 aromatic rings. The van der Waals surface area contributed by atoms with Crippen molar-refractivity contribution < 1.29 is 25.2 Å². The molecule has 0 spiro atoms. The van der Waals surface area contributed by atoms with Crippen LogP contribution in [0, 0.1) is 45.7 Å². The van der Waals surface area contributed by atoms with E-state index in [2.05, 4.69) is 157 Å². The SMILES string of the molecule is Cc1cc(C)c(-c2c(C)nn(-c3[c-]c(Oc4[c-]c5c(cc4)c4ccccc4n5-c4cc(C(C)C)ccn4)cc(C(C)C)c3)c2CCC(C)C)c(C)c1.[Pd+2]. The van der Waals surface area contributed by atoms with E-state index in [1.54, 1.807) is 0 Å². The zero-order valence-corrected chi connectivity index (χ0v) is 34.2. The molecule has 0 unspecified atom stereocenters. The van der Waals surface area contributed by atoms with Gasteiger partial charge in [-0.1, -0.05) is 83.0 Å². The molecule has 0 aliphatic heterocycles. The Balaban J connectivity index is 0.00000481. The fourth-order valence-corrected chi connectivity index (χ4v) is 7.59. The second kappa shape index (κ2) is 15.5. The van der Waals surface area contributed by atoms with Crippen LogP contribution in [0.3, 0.4) is 0 Å². The van der Waals surface area contributed by atoms with Gasteiger partial charge in [0.1, 0.15) is 5.82 Å². The third-order valence-corrected chi connectivity index (χ3v) is 10.2. The van der Waals surface area contributed by atoms with Crippen molar-refractivity contribution in [3.8, 4) is 34.1 Å². The summed E-state index contributed by atoms with van der Waals surface area (Å²) in [6, 6.07) is 33.1. The van der Waals surface area contributed by atoms with Crippen LogP contribution >= 0.6 is 0 Å². The number of fused-ring (bicyclic) bond motifs is 3. The average Bonchev–Trinajstić information content (AvgIpc) is 3.60. The van der Waals surface area contributed by atoms with Gasteiger partial charge in [-0.2, -0.15) is 11.2 Å². The van der Waals surface area contributed by atoms with Crippen LogP contribution in [0.4, 0.5) is 0 Å². The largest absolute Gasteiger partial charge is 2.00 e. The van der Waals surface area contributed by atoms with Crippen LogP contribution in [-0.2, 0) is 26.8 Å². The number of aryl methyl sites for hydroxylation is 4. The zero-order valence-electron chi connectivity index (χ0n) is 32.7. The van der Waals surface area contributed by atoms with Gasteiger partial charge in [0, 0.05) is 34.5 Å².